The number of ketones is 1. The Morgan fingerprint density at radius 2 is 1.81 bits per heavy atom. The minimum absolute atomic E-state index is 0.291. The Hall–Kier alpha value is -0.410. The molecule has 0 amide bonds. The van der Waals surface area contributed by atoms with E-state index in [1.807, 2.05) is 0 Å². The average molecular weight is 218 g/mol. The van der Waals surface area contributed by atoms with E-state index in [-0.39, 0.29) is 5.79 Å². The van der Waals surface area contributed by atoms with Crippen molar-refractivity contribution in [3.63, 3.8) is 0 Å². The molecule has 3 nitrogen and oxygen atoms in total. The molecule has 1 aliphatic heterocycles. The first-order chi connectivity index (χ1) is 7.84. The maximum atomic E-state index is 12.3. The second-order valence-electron chi connectivity index (χ2n) is 6.64. The van der Waals surface area contributed by atoms with Crippen LogP contribution in [0.15, 0.2) is 0 Å². The molecule has 8 atom stereocenters. The third-order valence-electron chi connectivity index (χ3n) is 6.83. The molecular formula is C13H14O3. The van der Waals surface area contributed by atoms with Crippen LogP contribution in [0.25, 0.3) is 0 Å². The van der Waals surface area contributed by atoms with Gasteiger partial charge in [-0.1, -0.05) is 0 Å². The average Bonchev–Trinajstić information content (AvgIpc) is 2.87. The molecule has 5 aliphatic carbocycles. The van der Waals surface area contributed by atoms with Gasteiger partial charge in [-0.25, -0.2) is 0 Å². The summed E-state index contributed by atoms with van der Waals surface area (Å²) in [5.41, 5.74) is 0. The van der Waals surface area contributed by atoms with Gasteiger partial charge in [0.2, 0.25) is 0 Å². The molecule has 0 unspecified atom stereocenters. The molecule has 1 heterocycles. The molecule has 1 spiro atoms. The highest BCUT2D eigenvalue weighted by Gasteiger charge is 2.89. The fourth-order valence-corrected chi connectivity index (χ4v) is 6.94. The van der Waals surface area contributed by atoms with Crippen molar-refractivity contribution in [2.24, 2.45) is 47.3 Å². The van der Waals surface area contributed by atoms with Crippen molar-refractivity contribution < 1.29 is 14.3 Å². The summed E-state index contributed by atoms with van der Waals surface area (Å²) in [7, 11) is 0. The lowest BCUT2D eigenvalue weighted by Crippen LogP contribution is -2.58. The number of carbonyl (C=O) groups is 1. The van der Waals surface area contributed by atoms with Crippen molar-refractivity contribution in [3.8, 4) is 0 Å². The first kappa shape index (κ1) is 7.83. The lowest BCUT2D eigenvalue weighted by atomic mass is 9.58. The fraction of sp³-hybridized carbons (Fsp3) is 0.923. The summed E-state index contributed by atoms with van der Waals surface area (Å²) in [5, 5.41) is 0. The van der Waals surface area contributed by atoms with Gasteiger partial charge in [-0.15, -0.1) is 0 Å². The Morgan fingerprint density at radius 1 is 1.00 bits per heavy atom. The molecule has 2 bridgehead atoms. The van der Waals surface area contributed by atoms with Crippen LogP contribution in [0.2, 0.25) is 0 Å². The van der Waals surface area contributed by atoms with Crippen molar-refractivity contribution in [1.82, 2.24) is 0 Å². The Bertz CT molecular complexity index is 438. The van der Waals surface area contributed by atoms with Crippen LogP contribution < -0.4 is 0 Å². The molecule has 6 aliphatic rings. The third-order valence-corrected chi connectivity index (χ3v) is 6.83. The van der Waals surface area contributed by atoms with Gasteiger partial charge in [-0.05, 0) is 30.1 Å². The normalized spacial score (nSPS) is 69.9. The lowest BCUT2D eigenvalue weighted by Gasteiger charge is -2.49. The number of hydrogen-bond donors (Lipinski definition) is 0. The van der Waals surface area contributed by atoms with Gasteiger partial charge in [-0.3, -0.25) is 4.79 Å². The first-order valence-electron chi connectivity index (χ1n) is 6.66. The van der Waals surface area contributed by atoms with Gasteiger partial charge in [0, 0.05) is 23.7 Å². The molecule has 6 rings (SSSR count). The Morgan fingerprint density at radius 3 is 2.62 bits per heavy atom. The SMILES string of the molecule is O=C1[C@@H]2[C@H]3C[C@H]4[C@@H]5[C@@H]3[C@@H]1[C@@H]5C1(OCCO1)[C@@H]42. The highest BCUT2D eigenvalue weighted by Crippen LogP contribution is 2.85. The first-order valence-corrected chi connectivity index (χ1v) is 6.66. The summed E-state index contributed by atoms with van der Waals surface area (Å²) in [6, 6.07) is 0. The van der Waals surface area contributed by atoms with Gasteiger partial charge in [0.1, 0.15) is 5.78 Å². The second kappa shape index (κ2) is 1.91. The number of ether oxygens (including phenoxy) is 2. The number of Topliss-reactive ketones (excluding diaryl/α,β-unsaturated/α-hetero) is 1. The molecular weight excluding hydrogens is 204 g/mol. The van der Waals surface area contributed by atoms with Crippen molar-refractivity contribution in [2.45, 2.75) is 12.2 Å². The van der Waals surface area contributed by atoms with Crippen molar-refractivity contribution >= 4 is 5.78 Å². The molecule has 3 heteroatoms. The van der Waals surface area contributed by atoms with E-state index >= 15 is 0 Å². The van der Waals surface area contributed by atoms with Crippen LogP contribution in [-0.4, -0.2) is 24.8 Å². The summed E-state index contributed by atoms with van der Waals surface area (Å²) < 4.78 is 12.1. The molecule has 0 radical (unpaired) electrons. The summed E-state index contributed by atoms with van der Waals surface area (Å²) in [6.07, 6.45) is 1.30. The van der Waals surface area contributed by atoms with E-state index < -0.39 is 0 Å². The van der Waals surface area contributed by atoms with Gasteiger partial charge in [0.15, 0.2) is 5.79 Å². The van der Waals surface area contributed by atoms with Gasteiger partial charge in [-0.2, -0.15) is 0 Å². The second-order valence-corrected chi connectivity index (χ2v) is 6.64. The quantitative estimate of drug-likeness (QED) is 0.600. The van der Waals surface area contributed by atoms with Crippen molar-refractivity contribution in [3.05, 3.63) is 0 Å². The minimum atomic E-state index is -0.291. The van der Waals surface area contributed by atoms with E-state index in [9.17, 15) is 4.79 Å². The van der Waals surface area contributed by atoms with Crippen LogP contribution in [0.5, 0.6) is 0 Å². The predicted molar refractivity (Wildman–Crippen MR) is 52.2 cm³/mol. The van der Waals surface area contributed by atoms with E-state index in [4.69, 9.17) is 9.47 Å². The van der Waals surface area contributed by atoms with Crippen molar-refractivity contribution in [2.75, 3.05) is 13.2 Å². The Balaban J connectivity index is 1.66. The zero-order valence-corrected chi connectivity index (χ0v) is 8.96. The van der Waals surface area contributed by atoms with Crippen LogP contribution >= 0.6 is 0 Å². The Kier molecular flexibility index (Phi) is 0.933. The van der Waals surface area contributed by atoms with Gasteiger partial charge >= 0.3 is 0 Å². The fourth-order valence-electron chi connectivity index (χ4n) is 6.94. The van der Waals surface area contributed by atoms with Crippen LogP contribution in [0, 0.1) is 47.3 Å². The number of hydrogen-bond acceptors (Lipinski definition) is 3. The van der Waals surface area contributed by atoms with Crippen LogP contribution in [-0.2, 0) is 14.3 Å². The van der Waals surface area contributed by atoms with E-state index in [1.165, 1.54) is 6.42 Å². The number of fused-ring (bicyclic) bond motifs is 4. The van der Waals surface area contributed by atoms with E-state index in [0.717, 1.165) is 36.9 Å². The van der Waals surface area contributed by atoms with Crippen LogP contribution in [0.3, 0.4) is 0 Å². The molecule has 16 heavy (non-hydrogen) atoms. The molecule has 84 valence electrons. The van der Waals surface area contributed by atoms with E-state index in [0.29, 0.717) is 29.5 Å². The monoisotopic (exact) mass is 218 g/mol. The molecule has 1 saturated heterocycles. The summed E-state index contributed by atoms with van der Waals surface area (Å²) in [4.78, 5) is 12.3. The largest absolute Gasteiger partial charge is 0.347 e. The highest BCUT2D eigenvalue weighted by atomic mass is 16.7. The van der Waals surface area contributed by atoms with Crippen molar-refractivity contribution in [1.29, 1.82) is 0 Å². The standard InChI is InChI=1S/C13H14O3/c14-12-8-4-3-5-7-6(4)9(12)11(7)13(10(5)8)15-1-2-16-13/h4-11H,1-3H2/t4-,5-,6+,7+,8+,9+,10-,11+/m0/s1. The lowest BCUT2D eigenvalue weighted by molar-refractivity contribution is -0.252. The van der Waals surface area contributed by atoms with Crippen LogP contribution in [0.4, 0.5) is 0 Å². The van der Waals surface area contributed by atoms with Gasteiger partial charge in [0.25, 0.3) is 0 Å². The molecule has 6 fully saturated rings. The molecule has 0 aromatic rings. The molecule has 0 aromatic carbocycles. The molecule has 0 N–H and O–H groups in total. The van der Waals surface area contributed by atoms with Gasteiger partial charge in [0.05, 0.1) is 13.2 Å². The number of rotatable bonds is 0. The zero-order valence-electron chi connectivity index (χ0n) is 8.96. The smallest absolute Gasteiger partial charge is 0.176 e. The highest BCUT2D eigenvalue weighted by molar-refractivity contribution is 5.91. The van der Waals surface area contributed by atoms with E-state index in [2.05, 4.69) is 0 Å². The number of carbonyl (C=O) groups excluding carboxylic acids is 1. The topological polar surface area (TPSA) is 35.5 Å². The Labute approximate surface area is 93.5 Å². The summed E-state index contributed by atoms with van der Waals surface area (Å²) in [5.74, 6) is 4.88. The summed E-state index contributed by atoms with van der Waals surface area (Å²) in [6.45, 7) is 1.49. The predicted octanol–water partition coefficient (Wildman–Crippen LogP) is 0.686. The molecule has 0 aromatic heterocycles. The zero-order chi connectivity index (χ0) is 10.2. The minimum Gasteiger partial charge on any atom is -0.347 e. The third kappa shape index (κ3) is 0.458. The maximum Gasteiger partial charge on any atom is 0.176 e. The van der Waals surface area contributed by atoms with Gasteiger partial charge < -0.3 is 9.47 Å². The van der Waals surface area contributed by atoms with E-state index in [1.54, 1.807) is 0 Å². The van der Waals surface area contributed by atoms with Crippen LogP contribution in [0.1, 0.15) is 6.42 Å². The molecule has 5 saturated carbocycles. The maximum absolute atomic E-state index is 12.3. The summed E-state index contributed by atoms with van der Waals surface area (Å²) >= 11 is 0.